The Bertz CT molecular complexity index is 790. The number of nitrogens with one attached hydrogen (secondary N) is 1. The fourth-order valence-corrected chi connectivity index (χ4v) is 2.04. The first-order valence-corrected chi connectivity index (χ1v) is 6.17. The minimum absolute atomic E-state index is 0. The molecule has 0 saturated heterocycles. The predicted molar refractivity (Wildman–Crippen MR) is 75.8 cm³/mol. The normalized spacial score (nSPS) is 9.90. The smallest absolute Gasteiger partial charge is 0.545 e. The zero-order valence-electron chi connectivity index (χ0n) is 11.5. The number of carbonyl (C=O) groups is 1. The molecule has 0 saturated carbocycles. The van der Waals surface area contributed by atoms with Crippen LogP contribution in [0.1, 0.15) is 10.4 Å². The zero-order chi connectivity index (χ0) is 13.9. The number of para-hydroxylation sites is 2. The van der Waals surface area contributed by atoms with Crippen molar-refractivity contribution in [2.24, 2.45) is 0 Å². The average molecular weight is 286 g/mol. The first kappa shape index (κ1) is 15.5. The van der Waals surface area contributed by atoms with Crippen LogP contribution in [0.3, 0.4) is 0 Å². The van der Waals surface area contributed by atoms with Crippen LogP contribution in [0.15, 0.2) is 60.7 Å². The number of anilines is 2. The number of aromatic nitrogens is 1. The van der Waals surface area contributed by atoms with Crippen molar-refractivity contribution in [1.82, 2.24) is 4.98 Å². The predicted octanol–water partition coefficient (Wildman–Crippen LogP) is -0.654. The largest absolute Gasteiger partial charge is 1.00 e. The van der Waals surface area contributed by atoms with E-state index < -0.39 is 5.97 Å². The number of nitrogens with zero attached hydrogens (tertiary/aromatic N) is 1. The Kier molecular flexibility index (Phi) is 4.96. The Balaban J connectivity index is 0.00000161. The van der Waals surface area contributed by atoms with Gasteiger partial charge in [0.2, 0.25) is 0 Å². The van der Waals surface area contributed by atoms with Gasteiger partial charge in [-0.05, 0) is 24.3 Å². The van der Waals surface area contributed by atoms with E-state index in [4.69, 9.17) is 0 Å². The molecule has 0 spiro atoms. The fraction of sp³-hybridized carbons (Fsp3) is 0. The van der Waals surface area contributed by atoms with Gasteiger partial charge in [-0.3, -0.25) is 0 Å². The van der Waals surface area contributed by atoms with Gasteiger partial charge in [-0.2, -0.15) is 0 Å². The molecule has 0 fully saturated rings. The molecule has 0 aliphatic heterocycles. The Morgan fingerprint density at radius 2 is 1.67 bits per heavy atom. The summed E-state index contributed by atoms with van der Waals surface area (Å²) in [7, 11) is 0. The van der Waals surface area contributed by atoms with Gasteiger partial charge < -0.3 is 15.2 Å². The minimum Gasteiger partial charge on any atom is -0.545 e. The molecule has 1 N–H and O–H groups in total. The Labute approximate surface area is 144 Å². The molecule has 0 aliphatic rings. The van der Waals surface area contributed by atoms with Crippen molar-refractivity contribution in [3.8, 4) is 0 Å². The summed E-state index contributed by atoms with van der Waals surface area (Å²) in [5.74, 6) is -0.619. The number of hydrogen-bond donors (Lipinski definition) is 1. The summed E-state index contributed by atoms with van der Waals surface area (Å²) in [6.07, 6.45) is 0. The van der Waals surface area contributed by atoms with Gasteiger partial charge in [0.1, 0.15) is 5.82 Å². The summed E-state index contributed by atoms with van der Waals surface area (Å²) in [6.45, 7) is 0. The van der Waals surface area contributed by atoms with Crippen molar-refractivity contribution in [2.45, 2.75) is 0 Å². The van der Waals surface area contributed by atoms with Crippen LogP contribution in [0.2, 0.25) is 0 Å². The van der Waals surface area contributed by atoms with Crippen LogP contribution >= 0.6 is 0 Å². The molecule has 1 heterocycles. The summed E-state index contributed by atoms with van der Waals surface area (Å²) < 4.78 is 0. The second kappa shape index (κ2) is 6.72. The second-order valence-corrected chi connectivity index (χ2v) is 4.35. The Morgan fingerprint density at radius 1 is 0.952 bits per heavy atom. The molecule has 98 valence electrons. The number of hydrogen-bond acceptors (Lipinski definition) is 4. The number of carbonyl (C=O) groups excluding carboxylic acids is 1. The number of pyridine rings is 1. The van der Waals surface area contributed by atoms with Gasteiger partial charge in [-0.15, -0.1) is 0 Å². The Morgan fingerprint density at radius 3 is 2.48 bits per heavy atom. The average Bonchev–Trinajstić information content (AvgIpc) is 2.47. The fourth-order valence-electron chi connectivity index (χ4n) is 2.04. The van der Waals surface area contributed by atoms with E-state index in [0.717, 1.165) is 10.9 Å². The van der Waals surface area contributed by atoms with Crippen LogP contribution in [0.4, 0.5) is 11.5 Å². The van der Waals surface area contributed by atoms with Crippen LogP contribution in [-0.4, -0.2) is 11.0 Å². The molecule has 0 radical (unpaired) electrons. The molecule has 0 unspecified atom stereocenters. The SMILES string of the molecule is O=C([O-])c1ccccc1Nc1ccc2ccccc2n1.[Na+]. The summed E-state index contributed by atoms with van der Waals surface area (Å²) >= 11 is 0. The number of benzene rings is 2. The van der Waals surface area contributed by atoms with Crippen molar-refractivity contribution < 1.29 is 39.5 Å². The van der Waals surface area contributed by atoms with Gasteiger partial charge in [0.15, 0.2) is 0 Å². The number of fused-ring (bicyclic) bond motifs is 1. The molecule has 1 aromatic heterocycles. The number of rotatable bonds is 3. The first-order valence-electron chi connectivity index (χ1n) is 6.17. The topological polar surface area (TPSA) is 65.0 Å². The van der Waals surface area contributed by atoms with E-state index in [0.29, 0.717) is 11.5 Å². The monoisotopic (exact) mass is 286 g/mol. The second-order valence-electron chi connectivity index (χ2n) is 4.35. The number of carboxylic acid groups (broad SMARTS) is 1. The summed E-state index contributed by atoms with van der Waals surface area (Å²) in [5.41, 5.74) is 1.43. The molecule has 3 aromatic rings. The third-order valence-electron chi connectivity index (χ3n) is 3.01. The van der Waals surface area contributed by atoms with Gasteiger partial charge in [-0.25, -0.2) is 4.98 Å². The third kappa shape index (κ3) is 3.42. The van der Waals surface area contributed by atoms with Crippen LogP contribution in [0, 0.1) is 0 Å². The van der Waals surface area contributed by atoms with E-state index in [1.54, 1.807) is 18.2 Å². The summed E-state index contributed by atoms with van der Waals surface area (Å²) in [6, 6.07) is 18.1. The van der Waals surface area contributed by atoms with E-state index in [2.05, 4.69) is 10.3 Å². The van der Waals surface area contributed by atoms with Gasteiger partial charge in [0.25, 0.3) is 0 Å². The number of carboxylic acids is 1. The molecule has 0 aliphatic carbocycles. The molecule has 0 bridgehead atoms. The van der Waals surface area contributed by atoms with Crippen molar-refractivity contribution >= 4 is 28.4 Å². The summed E-state index contributed by atoms with van der Waals surface area (Å²) in [4.78, 5) is 15.5. The van der Waals surface area contributed by atoms with Gasteiger partial charge in [0, 0.05) is 16.6 Å². The molecule has 0 atom stereocenters. The molecule has 3 rings (SSSR count). The van der Waals surface area contributed by atoms with Crippen molar-refractivity contribution in [2.75, 3.05) is 5.32 Å². The molecular formula is C16H11N2NaO2. The van der Waals surface area contributed by atoms with Gasteiger partial charge in [0.05, 0.1) is 11.5 Å². The van der Waals surface area contributed by atoms with E-state index in [1.165, 1.54) is 6.07 Å². The zero-order valence-corrected chi connectivity index (χ0v) is 13.5. The van der Waals surface area contributed by atoms with E-state index in [1.807, 2.05) is 36.4 Å². The van der Waals surface area contributed by atoms with E-state index in [-0.39, 0.29) is 35.1 Å². The maximum absolute atomic E-state index is 11.1. The Hall–Kier alpha value is -1.88. The van der Waals surface area contributed by atoms with Crippen LogP contribution in [0.5, 0.6) is 0 Å². The first-order chi connectivity index (χ1) is 9.74. The number of aromatic carboxylic acids is 1. The molecule has 2 aromatic carbocycles. The van der Waals surface area contributed by atoms with Crippen LogP contribution < -0.4 is 40.0 Å². The van der Waals surface area contributed by atoms with E-state index >= 15 is 0 Å². The molecule has 4 nitrogen and oxygen atoms in total. The van der Waals surface area contributed by atoms with Crippen molar-refractivity contribution in [1.29, 1.82) is 0 Å². The maximum Gasteiger partial charge on any atom is 1.00 e. The maximum atomic E-state index is 11.1. The third-order valence-corrected chi connectivity index (χ3v) is 3.01. The van der Waals surface area contributed by atoms with Crippen molar-refractivity contribution in [3.63, 3.8) is 0 Å². The summed E-state index contributed by atoms with van der Waals surface area (Å²) in [5, 5.41) is 15.1. The van der Waals surface area contributed by atoms with E-state index in [9.17, 15) is 9.90 Å². The quantitative estimate of drug-likeness (QED) is 0.650. The minimum atomic E-state index is -1.21. The molecule has 5 heteroatoms. The van der Waals surface area contributed by atoms with Crippen molar-refractivity contribution in [3.05, 3.63) is 66.2 Å². The molecule has 0 amide bonds. The van der Waals surface area contributed by atoms with Gasteiger partial charge >= 0.3 is 29.6 Å². The van der Waals surface area contributed by atoms with Gasteiger partial charge in [-0.1, -0.05) is 36.4 Å². The molecular weight excluding hydrogens is 275 g/mol. The van der Waals surface area contributed by atoms with Crippen LogP contribution in [-0.2, 0) is 0 Å². The molecule has 21 heavy (non-hydrogen) atoms. The van der Waals surface area contributed by atoms with Crippen LogP contribution in [0.25, 0.3) is 10.9 Å². The standard InChI is InChI=1S/C16H12N2O2.Na/c19-16(20)12-6-2-4-8-14(12)18-15-10-9-11-5-1-3-7-13(11)17-15;/h1-10H,(H,17,18)(H,19,20);/q;+1/p-1.